The lowest BCUT2D eigenvalue weighted by atomic mass is 9.94. The Kier molecular flexibility index (Phi) is 3.55. The number of rotatable bonds is 2. The van der Waals surface area contributed by atoms with Crippen molar-refractivity contribution < 1.29 is 14.4 Å². The van der Waals surface area contributed by atoms with Gasteiger partial charge in [0.15, 0.2) is 0 Å². The van der Waals surface area contributed by atoms with E-state index in [1.165, 1.54) is 0 Å². The van der Waals surface area contributed by atoms with E-state index in [2.05, 4.69) is 5.16 Å². The minimum absolute atomic E-state index is 0.362. The van der Waals surface area contributed by atoms with E-state index in [0.717, 1.165) is 4.90 Å². The van der Waals surface area contributed by atoms with Gasteiger partial charge < -0.3 is 4.84 Å². The first-order valence-electron chi connectivity index (χ1n) is 7.19. The molecule has 2 amide bonds. The third-order valence-corrected chi connectivity index (χ3v) is 4.54. The van der Waals surface area contributed by atoms with Crippen molar-refractivity contribution in [3.8, 4) is 0 Å². The highest BCUT2D eigenvalue weighted by molar-refractivity contribution is 6.33. The minimum atomic E-state index is -0.932. The Hall–Kier alpha value is -2.37. The van der Waals surface area contributed by atoms with Crippen LogP contribution in [0, 0.1) is 5.92 Å². The summed E-state index contributed by atoms with van der Waals surface area (Å²) in [6.45, 7) is 0. The molecule has 2 aliphatic rings. The number of anilines is 1. The Morgan fingerprint density at radius 1 is 0.875 bits per heavy atom. The van der Waals surface area contributed by atoms with E-state index < -0.39 is 17.9 Å². The molecule has 0 N–H and O–H groups in total. The molecule has 1 saturated heterocycles. The van der Waals surface area contributed by atoms with Crippen molar-refractivity contribution >= 4 is 46.4 Å². The molecule has 4 rings (SSSR count). The second-order valence-electron chi connectivity index (χ2n) is 5.48. The fourth-order valence-electron chi connectivity index (χ4n) is 2.88. The van der Waals surface area contributed by atoms with Crippen molar-refractivity contribution in [2.75, 3.05) is 4.90 Å². The molecule has 0 aliphatic carbocycles. The topological polar surface area (TPSA) is 59.0 Å². The highest BCUT2D eigenvalue weighted by Crippen LogP contribution is 2.35. The van der Waals surface area contributed by atoms with E-state index in [-0.39, 0.29) is 5.91 Å². The Bertz CT molecular complexity index is 862. The van der Waals surface area contributed by atoms with Crippen LogP contribution in [0.4, 0.5) is 5.69 Å². The van der Waals surface area contributed by atoms with Gasteiger partial charge in [0, 0.05) is 15.6 Å². The minimum Gasteiger partial charge on any atom is -0.381 e. The van der Waals surface area contributed by atoms with Gasteiger partial charge in [-0.3, -0.25) is 9.59 Å². The van der Waals surface area contributed by atoms with Crippen LogP contribution in [-0.2, 0) is 14.4 Å². The first-order chi connectivity index (χ1) is 11.6. The van der Waals surface area contributed by atoms with Crippen LogP contribution in [0.5, 0.6) is 0 Å². The third kappa shape index (κ3) is 2.28. The molecule has 7 heteroatoms. The SMILES string of the molecule is O=C1[C@@H]2C(c3ccc(Cl)cc3)=NO[C@H]2C(=O)N1c1ccc(Cl)cc1. The van der Waals surface area contributed by atoms with Gasteiger partial charge in [-0.2, -0.15) is 0 Å². The number of fused-ring (bicyclic) bond motifs is 1. The highest BCUT2D eigenvalue weighted by Gasteiger charge is 2.56. The molecule has 2 atom stereocenters. The van der Waals surface area contributed by atoms with E-state index in [1.54, 1.807) is 48.5 Å². The number of halogens is 2. The van der Waals surface area contributed by atoms with E-state index in [4.69, 9.17) is 28.0 Å². The summed E-state index contributed by atoms with van der Waals surface area (Å²) in [5, 5.41) is 5.05. The smallest absolute Gasteiger partial charge is 0.278 e. The molecule has 0 saturated carbocycles. The lowest BCUT2D eigenvalue weighted by Gasteiger charge is -2.15. The maximum atomic E-state index is 12.8. The molecule has 2 aliphatic heterocycles. The fourth-order valence-corrected chi connectivity index (χ4v) is 3.13. The molecule has 0 bridgehead atoms. The largest absolute Gasteiger partial charge is 0.381 e. The van der Waals surface area contributed by atoms with Crippen LogP contribution < -0.4 is 4.90 Å². The number of oxime groups is 1. The van der Waals surface area contributed by atoms with Gasteiger partial charge in [-0.25, -0.2) is 4.90 Å². The monoisotopic (exact) mass is 360 g/mol. The molecule has 0 aromatic heterocycles. The van der Waals surface area contributed by atoms with E-state index in [9.17, 15) is 9.59 Å². The quantitative estimate of drug-likeness (QED) is 0.772. The average molecular weight is 361 g/mol. The molecule has 5 nitrogen and oxygen atoms in total. The van der Waals surface area contributed by atoms with Crippen LogP contribution in [0.2, 0.25) is 10.0 Å². The van der Waals surface area contributed by atoms with Crippen LogP contribution in [0.25, 0.3) is 0 Å². The number of amides is 2. The summed E-state index contributed by atoms with van der Waals surface area (Å²) in [6, 6.07) is 13.4. The van der Waals surface area contributed by atoms with Crippen LogP contribution in [0.1, 0.15) is 5.56 Å². The molecule has 0 radical (unpaired) electrons. The molecule has 2 aromatic carbocycles. The Balaban J connectivity index is 1.69. The molecular weight excluding hydrogens is 351 g/mol. The second-order valence-corrected chi connectivity index (χ2v) is 6.35. The van der Waals surface area contributed by atoms with Gasteiger partial charge >= 0.3 is 0 Å². The molecule has 1 fully saturated rings. The van der Waals surface area contributed by atoms with Crippen molar-refractivity contribution in [1.29, 1.82) is 0 Å². The van der Waals surface area contributed by atoms with Crippen LogP contribution in [0.3, 0.4) is 0 Å². The summed E-state index contributed by atoms with van der Waals surface area (Å²) in [4.78, 5) is 31.8. The van der Waals surface area contributed by atoms with Crippen LogP contribution in [0.15, 0.2) is 53.7 Å². The summed E-state index contributed by atoms with van der Waals surface area (Å²) < 4.78 is 0. The summed E-state index contributed by atoms with van der Waals surface area (Å²) in [7, 11) is 0. The highest BCUT2D eigenvalue weighted by atomic mass is 35.5. The molecule has 2 aromatic rings. The summed E-state index contributed by atoms with van der Waals surface area (Å²) in [6.07, 6.45) is -0.932. The van der Waals surface area contributed by atoms with E-state index in [0.29, 0.717) is 27.0 Å². The summed E-state index contributed by atoms with van der Waals surface area (Å²) in [5.74, 6) is -1.55. The van der Waals surface area contributed by atoms with Gasteiger partial charge in [0.1, 0.15) is 11.6 Å². The van der Waals surface area contributed by atoms with Gasteiger partial charge in [-0.05, 0) is 36.4 Å². The Labute approximate surface area is 147 Å². The first kappa shape index (κ1) is 15.2. The molecule has 0 spiro atoms. The number of carbonyl (C=O) groups excluding carboxylic acids is 2. The lowest BCUT2D eigenvalue weighted by Crippen LogP contribution is -2.33. The Morgan fingerprint density at radius 2 is 1.46 bits per heavy atom. The molecule has 0 unspecified atom stereocenters. The maximum Gasteiger partial charge on any atom is 0.278 e. The number of carbonyl (C=O) groups is 2. The van der Waals surface area contributed by atoms with Gasteiger partial charge in [0.25, 0.3) is 5.91 Å². The van der Waals surface area contributed by atoms with Crippen molar-refractivity contribution in [2.24, 2.45) is 11.1 Å². The molecule has 2 heterocycles. The number of hydrogen-bond donors (Lipinski definition) is 0. The first-order valence-corrected chi connectivity index (χ1v) is 7.95. The van der Waals surface area contributed by atoms with Gasteiger partial charge in [0.05, 0.1) is 5.69 Å². The zero-order valence-electron chi connectivity index (χ0n) is 12.1. The Morgan fingerprint density at radius 3 is 2.08 bits per heavy atom. The van der Waals surface area contributed by atoms with Crippen molar-refractivity contribution in [3.05, 3.63) is 64.1 Å². The number of hydrogen-bond acceptors (Lipinski definition) is 4. The van der Waals surface area contributed by atoms with E-state index in [1.807, 2.05) is 0 Å². The molecule has 120 valence electrons. The van der Waals surface area contributed by atoms with Crippen molar-refractivity contribution in [3.63, 3.8) is 0 Å². The molecule has 24 heavy (non-hydrogen) atoms. The van der Waals surface area contributed by atoms with Crippen LogP contribution >= 0.6 is 23.2 Å². The fraction of sp³-hybridized carbons (Fsp3) is 0.118. The zero-order chi connectivity index (χ0) is 16.8. The normalized spacial score (nSPS) is 22.4. The number of nitrogens with zero attached hydrogens (tertiary/aromatic N) is 2. The van der Waals surface area contributed by atoms with Gasteiger partial charge in [-0.15, -0.1) is 0 Å². The predicted octanol–water partition coefficient (Wildman–Crippen LogP) is 3.29. The number of imide groups is 1. The standard InChI is InChI=1S/C17H10Cl2N2O3/c18-10-3-1-9(2-4-10)14-13-15(24-20-14)17(23)21(16(13)22)12-7-5-11(19)6-8-12/h1-8,13,15H/t13-,15-/m1/s1. The van der Waals surface area contributed by atoms with E-state index >= 15 is 0 Å². The third-order valence-electron chi connectivity index (χ3n) is 4.04. The van der Waals surface area contributed by atoms with Crippen molar-refractivity contribution in [1.82, 2.24) is 0 Å². The van der Waals surface area contributed by atoms with Crippen LogP contribution in [-0.4, -0.2) is 23.6 Å². The average Bonchev–Trinajstić information content (AvgIpc) is 3.11. The zero-order valence-corrected chi connectivity index (χ0v) is 13.7. The predicted molar refractivity (Wildman–Crippen MR) is 90.3 cm³/mol. The van der Waals surface area contributed by atoms with Gasteiger partial charge in [0.2, 0.25) is 12.0 Å². The summed E-state index contributed by atoms with van der Waals surface area (Å²) >= 11 is 11.7. The molecular formula is C17H10Cl2N2O3. The second kappa shape index (κ2) is 5.61. The maximum absolute atomic E-state index is 12.8. The summed E-state index contributed by atoms with van der Waals surface area (Å²) in [5.41, 5.74) is 1.60. The van der Waals surface area contributed by atoms with Crippen molar-refractivity contribution in [2.45, 2.75) is 6.10 Å². The number of benzene rings is 2. The lowest BCUT2D eigenvalue weighted by molar-refractivity contribution is -0.126. The van der Waals surface area contributed by atoms with Gasteiger partial charge in [-0.1, -0.05) is 40.5 Å².